The molecule has 10 heteroatoms. The van der Waals surface area contributed by atoms with Gasteiger partial charge < -0.3 is 24.8 Å². The van der Waals surface area contributed by atoms with E-state index in [1.807, 2.05) is 27.8 Å². The Balaban J connectivity index is 0.00000512. The summed E-state index contributed by atoms with van der Waals surface area (Å²) in [5.74, 6) is 3.14. The summed E-state index contributed by atoms with van der Waals surface area (Å²) in [7, 11) is 3.78. The molecule has 1 aromatic heterocycles. The lowest BCUT2D eigenvalue weighted by atomic mass is 10.0. The molecular weight excluding hydrogens is 521 g/mol. The minimum absolute atomic E-state index is 0. The number of aromatic nitrogens is 3. The summed E-state index contributed by atoms with van der Waals surface area (Å²) >= 11 is 0. The lowest BCUT2D eigenvalue weighted by Gasteiger charge is -2.28. The minimum atomic E-state index is -0.506. The van der Waals surface area contributed by atoms with E-state index in [4.69, 9.17) is 4.74 Å². The van der Waals surface area contributed by atoms with Crippen LogP contribution in [0.2, 0.25) is 0 Å². The van der Waals surface area contributed by atoms with Gasteiger partial charge in [-0.25, -0.2) is 4.79 Å². The first kappa shape index (κ1) is 28.4. The van der Waals surface area contributed by atoms with Crippen LogP contribution in [0.15, 0.2) is 4.99 Å². The van der Waals surface area contributed by atoms with Crippen LogP contribution in [-0.2, 0) is 24.2 Å². The molecule has 0 fully saturated rings. The first-order chi connectivity index (χ1) is 14.6. The number of aliphatic imine (C=N–C) groups is 1. The smallest absolute Gasteiger partial charge is 0.407 e. The Kier molecular flexibility index (Phi) is 11.7. The van der Waals surface area contributed by atoms with Crippen molar-refractivity contribution >= 4 is 36.0 Å². The fourth-order valence-corrected chi connectivity index (χ4v) is 3.69. The van der Waals surface area contributed by atoms with Gasteiger partial charge >= 0.3 is 6.09 Å². The van der Waals surface area contributed by atoms with E-state index in [9.17, 15) is 4.79 Å². The molecule has 1 atom stereocenters. The van der Waals surface area contributed by atoms with Gasteiger partial charge in [0.1, 0.15) is 11.4 Å². The number of alkyl carbamates (subject to hydrolysis) is 1. The zero-order valence-electron chi connectivity index (χ0n) is 20.8. The fraction of sp³-hybridized carbons (Fsp3) is 0.818. The maximum atomic E-state index is 12.2. The van der Waals surface area contributed by atoms with Crippen molar-refractivity contribution in [2.45, 2.75) is 91.5 Å². The molecule has 1 aromatic rings. The molecule has 0 aromatic carbocycles. The van der Waals surface area contributed by atoms with Crippen LogP contribution in [0.5, 0.6) is 0 Å². The fourth-order valence-electron chi connectivity index (χ4n) is 3.69. The summed E-state index contributed by atoms with van der Waals surface area (Å²) in [6, 6.07) is 0.0164. The van der Waals surface area contributed by atoms with E-state index in [1.165, 1.54) is 19.3 Å². The lowest BCUT2D eigenvalue weighted by molar-refractivity contribution is 0.0486. The highest BCUT2D eigenvalue weighted by molar-refractivity contribution is 14.0. The molecular formula is C22H42IN7O2. The van der Waals surface area contributed by atoms with Crippen LogP contribution in [0.3, 0.4) is 0 Å². The van der Waals surface area contributed by atoms with Crippen LogP contribution in [0, 0.1) is 5.92 Å². The van der Waals surface area contributed by atoms with Gasteiger partial charge in [0, 0.05) is 39.6 Å². The lowest BCUT2D eigenvalue weighted by Crippen LogP contribution is -2.45. The largest absolute Gasteiger partial charge is 0.444 e. The molecule has 0 saturated heterocycles. The minimum Gasteiger partial charge on any atom is -0.444 e. The Morgan fingerprint density at radius 1 is 1.25 bits per heavy atom. The van der Waals surface area contributed by atoms with Gasteiger partial charge in [0.2, 0.25) is 0 Å². The van der Waals surface area contributed by atoms with E-state index < -0.39 is 5.60 Å². The third kappa shape index (κ3) is 9.11. The summed E-state index contributed by atoms with van der Waals surface area (Å²) in [5.41, 5.74) is -0.506. The predicted molar refractivity (Wildman–Crippen MR) is 138 cm³/mol. The third-order valence-electron chi connectivity index (χ3n) is 5.45. The molecule has 184 valence electrons. The van der Waals surface area contributed by atoms with Crippen LogP contribution in [0.4, 0.5) is 4.79 Å². The maximum absolute atomic E-state index is 12.2. The molecule has 9 nitrogen and oxygen atoms in total. The van der Waals surface area contributed by atoms with Crippen molar-refractivity contribution in [1.29, 1.82) is 0 Å². The molecule has 0 radical (unpaired) electrons. The summed E-state index contributed by atoms with van der Waals surface area (Å²) in [6.45, 7) is 12.1. The number of amides is 1. The van der Waals surface area contributed by atoms with Gasteiger partial charge in [0.15, 0.2) is 11.8 Å². The number of fused-ring (bicyclic) bond motifs is 1. The van der Waals surface area contributed by atoms with Crippen LogP contribution in [-0.4, -0.2) is 64.0 Å². The van der Waals surface area contributed by atoms with Gasteiger partial charge in [-0.05, 0) is 46.0 Å². The van der Waals surface area contributed by atoms with E-state index in [0.717, 1.165) is 43.5 Å². The molecule has 0 aliphatic carbocycles. The number of carbonyl (C=O) groups is 1. The van der Waals surface area contributed by atoms with Gasteiger partial charge in [-0.3, -0.25) is 4.99 Å². The number of guanidine groups is 1. The van der Waals surface area contributed by atoms with Crippen molar-refractivity contribution in [1.82, 2.24) is 30.3 Å². The van der Waals surface area contributed by atoms with Gasteiger partial charge in [-0.2, -0.15) is 0 Å². The molecule has 32 heavy (non-hydrogen) atoms. The number of hydrogen-bond acceptors (Lipinski definition) is 5. The number of halogens is 1. The highest BCUT2D eigenvalue weighted by atomic mass is 127. The third-order valence-corrected chi connectivity index (χ3v) is 5.45. The zero-order valence-corrected chi connectivity index (χ0v) is 23.1. The van der Waals surface area contributed by atoms with E-state index >= 15 is 0 Å². The molecule has 2 N–H and O–H groups in total. The summed E-state index contributed by atoms with van der Waals surface area (Å²) in [6.07, 6.45) is 5.02. The van der Waals surface area contributed by atoms with Crippen molar-refractivity contribution in [2.24, 2.45) is 10.9 Å². The highest BCUT2D eigenvalue weighted by Gasteiger charge is 2.22. The number of nitrogens with one attached hydrogen (secondary N) is 2. The van der Waals surface area contributed by atoms with E-state index in [-0.39, 0.29) is 36.1 Å². The standard InChI is InChI=1S/C22H41N7O2.HI/c1-16(2)17(25-21(30)31-22(3,4)5)12-14-28(7)20(23-6)24-15-19-27-26-18-11-9-8-10-13-29(18)19;/h16-17H,8-15H2,1-7H3,(H,23,24)(H,25,30);1H. The summed E-state index contributed by atoms with van der Waals surface area (Å²) in [4.78, 5) is 18.7. The zero-order chi connectivity index (χ0) is 23.0. The molecule has 0 bridgehead atoms. The number of rotatable bonds is 7. The quantitative estimate of drug-likeness (QED) is 0.299. The first-order valence-electron chi connectivity index (χ1n) is 11.4. The Labute approximate surface area is 210 Å². The second-order valence-corrected chi connectivity index (χ2v) is 9.60. The Morgan fingerprint density at radius 3 is 2.59 bits per heavy atom. The number of ether oxygens (including phenoxy) is 1. The van der Waals surface area contributed by atoms with Crippen molar-refractivity contribution in [2.75, 3.05) is 20.6 Å². The van der Waals surface area contributed by atoms with Crippen LogP contribution in [0.25, 0.3) is 0 Å². The predicted octanol–water partition coefficient (Wildman–Crippen LogP) is 3.57. The average molecular weight is 564 g/mol. The monoisotopic (exact) mass is 563 g/mol. The van der Waals surface area contributed by atoms with Crippen LogP contribution >= 0.6 is 24.0 Å². The first-order valence-corrected chi connectivity index (χ1v) is 11.4. The van der Waals surface area contributed by atoms with Gasteiger partial charge in [0.25, 0.3) is 0 Å². The van der Waals surface area contributed by atoms with Crippen molar-refractivity contribution in [3.8, 4) is 0 Å². The highest BCUT2D eigenvalue weighted by Crippen LogP contribution is 2.14. The molecule has 0 saturated carbocycles. The number of carbonyl (C=O) groups excluding carboxylic acids is 1. The van der Waals surface area contributed by atoms with Gasteiger partial charge in [-0.15, -0.1) is 34.2 Å². The summed E-state index contributed by atoms with van der Waals surface area (Å²) < 4.78 is 7.66. The number of hydrogen-bond donors (Lipinski definition) is 2. The molecule has 1 unspecified atom stereocenters. The average Bonchev–Trinajstić information content (AvgIpc) is 2.90. The summed E-state index contributed by atoms with van der Waals surface area (Å²) in [5, 5.41) is 15.2. The maximum Gasteiger partial charge on any atom is 0.407 e. The second kappa shape index (κ2) is 13.2. The number of aryl methyl sites for hydroxylation is 1. The van der Waals surface area contributed by atoms with Gasteiger partial charge in [-0.1, -0.05) is 20.3 Å². The Hall–Kier alpha value is -1.59. The molecule has 1 amide bonds. The van der Waals surface area contributed by atoms with Crippen LogP contribution in [0.1, 0.15) is 72.0 Å². The van der Waals surface area contributed by atoms with Crippen molar-refractivity contribution in [3.63, 3.8) is 0 Å². The van der Waals surface area contributed by atoms with E-state index in [1.54, 1.807) is 7.05 Å². The topological polar surface area (TPSA) is 96.7 Å². The number of nitrogens with zero attached hydrogens (tertiary/aromatic N) is 5. The second-order valence-electron chi connectivity index (χ2n) is 9.60. The Bertz CT molecular complexity index is 743. The Morgan fingerprint density at radius 2 is 1.97 bits per heavy atom. The molecule has 2 heterocycles. The van der Waals surface area contributed by atoms with Crippen molar-refractivity contribution < 1.29 is 9.53 Å². The molecule has 0 spiro atoms. The normalized spacial score (nSPS) is 15.3. The van der Waals surface area contributed by atoms with Crippen LogP contribution < -0.4 is 10.6 Å². The van der Waals surface area contributed by atoms with Crippen molar-refractivity contribution in [3.05, 3.63) is 11.6 Å². The molecule has 1 aliphatic rings. The molecule has 1 aliphatic heterocycles. The van der Waals surface area contributed by atoms with E-state index in [0.29, 0.717) is 12.5 Å². The van der Waals surface area contributed by atoms with Gasteiger partial charge in [0.05, 0.1) is 6.54 Å². The van der Waals surface area contributed by atoms with E-state index in [2.05, 4.69) is 49.1 Å². The SMILES string of the molecule is CN=C(NCc1nnc2n1CCCCC2)N(C)CCC(NC(=O)OC(C)(C)C)C(C)C.I. The molecule has 2 rings (SSSR count).